The van der Waals surface area contributed by atoms with Crippen LogP contribution >= 0.6 is 0 Å². The number of ketones is 1. The van der Waals surface area contributed by atoms with Crippen LogP contribution in [0.4, 0.5) is 0 Å². The lowest BCUT2D eigenvalue weighted by Crippen LogP contribution is -2.24. The Labute approximate surface area is 94.1 Å². The molecule has 1 heterocycles. The van der Waals surface area contributed by atoms with Crippen molar-refractivity contribution in [1.29, 1.82) is 0 Å². The van der Waals surface area contributed by atoms with E-state index in [0.29, 0.717) is 29.2 Å². The number of carbonyl (C=O) groups is 1. The van der Waals surface area contributed by atoms with Gasteiger partial charge in [-0.25, -0.2) is 0 Å². The van der Waals surface area contributed by atoms with Gasteiger partial charge in [-0.05, 0) is 6.92 Å². The van der Waals surface area contributed by atoms with Crippen molar-refractivity contribution in [2.45, 2.75) is 19.4 Å². The number of hydrogen-bond acceptors (Lipinski definition) is 4. The highest BCUT2D eigenvalue weighted by Gasteiger charge is 2.28. The van der Waals surface area contributed by atoms with E-state index in [1.165, 1.54) is 7.11 Å². The van der Waals surface area contributed by atoms with Crippen LogP contribution in [0, 0.1) is 0 Å². The summed E-state index contributed by atoms with van der Waals surface area (Å²) in [6.45, 7) is 1.87. The molecule has 0 radical (unpaired) electrons. The summed E-state index contributed by atoms with van der Waals surface area (Å²) in [4.78, 5) is 11.9. The van der Waals surface area contributed by atoms with E-state index in [4.69, 9.17) is 14.2 Å². The Morgan fingerprint density at radius 2 is 2.06 bits per heavy atom. The average Bonchev–Trinajstić information content (AvgIpc) is 2.26. The first-order chi connectivity index (χ1) is 7.65. The van der Waals surface area contributed by atoms with Gasteiger partial charge in [0, 0.05) is 18.6 Å². The van der Waals surface area contributed by atoms with Gasteiger partial charge in [0.2, 0.25) is 0 Å². The van der Waals surface area contributed by atoms with E-state index in [9.17, 15) is 4.79 Å². The van der Waals surface area contributed by atoms with E-state index in [1.54, 1.807) is 19.2 Å². The second-order valence-corrected chi connectivity index (χ2v) is 3.76. The summed E-state index contributed by atoms with van der Waals surface area (Å²) >= 11 is 0. The third-order valence-electron chi connectivity index (χ3n) is 2.57. The van der Waals surface area contributed by atoms with Crippen molar-refractivity contribution < 1.29 is 19.0 Å². The van der Waals surface area contributed by atoms with Crippen LogP contribution in [-0.2, 0) is 0 Å². The summed E-state index contributed by atoms with van der Waals surface area (Å²) < 4.78 is 15.9. The van der Waals surface area contributed by atoms with Crippen molar-refractivity contribution in [1.82, 2.24) is 0 Å². The lowest BCUT2D eigenvalue weighted by atomic mass is 10.00. The second kappa shape index (κ2) is 4.04. The van der Waals surface area contributed by atoms with E-state index < -0.39 is 0 Å². The Morgan fingerprint density at radius 3 is 2.69 bits per heavy atom. The van der Waals surface area contributed by atoms with Crippen LogP contribution in [0.25, 0.3) is 0 Å². The van der Waals surface area contributed by atoms with Gasteiger partial charge in [0.1, 0.15) is 28.9 Å². The van der Waals surface area contributed by atoms with Gasteiger partial charge in [-0.3, -0.25) is 4.79 Å². The monoisotopic (exact) mass is 222 g/mol. The van der Waals surface area contributed by atoms with Crippen LogP contribution < -0.4 is 14.2 Å². The van der Waals surface area contributed by atoms with Gasteiger partial charge >= 0.3 is 0 Å². The Kier molecular flexibility index (Phi) is 2.73. The molecule has 4 nitrogen and oxygen atoms in total. The minimum atomic E-state index is -0.100. The van der Waals surface area contributed by atoms with Crippen molar-refractivity contribution in [3.05, 3.63) is 17.7 Å². The molecule has 1 aromatic rings. The Hall–Kier alpha value is -1.71. The number of hydrogen-bond donors (Lipinski definition) is 0. The third-order valence-corrected chi connectivity index (χ3v) is 2.57. The van der Waals surface area contributed by atoms with E-state index in [-0.39, 0.29) is 11.9 Å². The van der Waals surface area contributed by atoms with Crippen LogP contribution in [0.15, 0.2) is 12.1 Å². The number of Topliss-reactive ketones (excluding diaryl/α,β-unsaturated/α-hetero) is 1. The molecule has 0 spiro atoms. The summed E-state index contributed by atoms with van der Waals surface area (Å²) in [6, 6.07) is 3.40. The van der Waals surface area contributed by atoms with Crippen LogP contribution in [0.1, 0.15) is 23.7 Å². The maximum absolute atomic E-state index is 11.9. The molecule has 1 atom stereocenters. The number of benzene rings is 1. The molecule has 1 aliphatic heterocycles. The maximum Gasteiger partial charge on any atom is 0.174 e. The van der Waals surface area contributed by atoms with Gasteiger partial charge in [-0.15, -0.1) is 0 Å². The van der Waals surface area contributed by atoms with Gasteiger partial charge in [0.15, 0.2) is 5.78 Å². The average molecular weight is 222 g/mol. The predicted molar refractivity (Wildman–Crippen MR) is 58.6 cm³/mol. The lowest BCUT2D eigenvalue weighted by Gasteiger charge is -2.24. The highest BCUT2D eigenvalue weighted by Crippen LogP contribution is 2.38. The van der Waals surface area contributed by atoms with Gasteiger partial charge in [-0.1, -0.05) is 0 Å². The predicted octanol–water partition coefficient (Wildman–Crippen LogP) is 2.06. The summed E-state index contributed by atoms with van der Waals surface area (Å²) in [6.07, 6.45) is 0.284. The number of carbonyl (C=O) groups excluding carboxylic acids is 1. The normalized spacial score (nSPS) is 18.7. The molecule has 1 aliphatic rings. The zero-order valence-corrected chi connectivity index (χ0v) is 9.57. The zero-order valence-electron chi connectivity index (χ0n) is 9.57. The highest BCUT2D eigenvalue weighted by atomic mass is 16.5. The number of ether oxygens (including phenoxy) is 3. The van der Waals surface area contributed by atoms with Crippen LogP contribution in [0.5, 0.6) is 17.2 Å². The van der Waals surface area contributed by atoms with Crippen molar-refractivity contribution in [3.8, 4) is 17.2 Å². The molecule has 0 aliphatic carbocycles. The van der Waals surface area contributed by atoms with Crippen LogP contribution in [0.3, 0.4) is 0 Å². The van der Waals surface area contributed by atoms with Crippen molar-refractivity contribution in [3.63, 3.8) is 0 Å². The molecule has 0 N–H and O–H groups in total. The second-order valence-electron chi connectivity index (χ2n) is 3.76. The summed E-state index contributed by atoms with van der Waals surface area (Å²) in [5.74, 6) is 1.72. The Bertz CT molecular complexity index is 425. The fourth-order valence-electron chi connectivity index (χ4n) is 1.83. The molecule has 1 aromatic carbocycles. The van der Waals surface area contributed by atoms with Crippen molar-refractivity contribution in [2.24, 2.45) is 0 Å². The van der Waals surface area contributed by atoms with Gasteiger partial charge < -0.3 is 14.2 Å². The van der Waals surface area contributed by atoms with Gasteiger partial charge in [0.25, 0.3) is 0 Å². The molecule has 86 valence electrons. The van der Waals surface area contributed by atoms with E-state index in [2.05, 4.69) is 0 Å². The molecule has 0 fully saturated rings. The third kappa shape index (κ3) is 1.71. The number of methoxy groups -OCH3 is 2. The largest absolute Gasteiger partial charge is 0.496 e. The number of rotatable bonds is 2. The minimum Gasteiger partial charge on any atom is -0.496 e. The first-order valence-electron chi connectivity index (χ1n) is 5.11. The topological polar surface area (TPSA) is 44.8 Å². The molecule has 0 saturated heterocycles. The van der Waals surface area contributed by atoms with Crippen LogP contribution in [0.2, 0.25) is 0 Å². The standard InChI is InChI=1S/C12H14O4/c1-7-4-9(13)12-10(15-3)5-8(14-2)6-11(12)16-7/h5-7H,4H2,1-3H3/t7-/m0/s1. The van der Waals surface area contributed by atoms with Crippen molar-refractivity contribution in [2.75, 3.05) is 14.2 Å². The SMILES string of the molecule is COc1cc(OC)c2c(c1)O[C@@H](C)CC2=O. The summed E-state index contributed by atoms with van der Waals surface area (Å²) in [7, 11) is 3.09. The van der Waals surface area contributed by atoms with E-state index in [1.807, 2.05) is 6.92 Å². The fourth-order valence-corrected chi connectivity index (χ4v) is 1.83. The maximum atomic E-state index is 11.9. The summed E-state index contributed by atoms with van der Waals surface area (Å²) in [5, 5.41) is 0. The summed E-state index contributed by atoms with van der Waals surface area (Å²) in [5.41, 5.74) is 0.515. The Morgan fingerprint density at radius 1 is 1.31 bits per heavy atom. The molecule has 4 heteroatoms. The van der Waals surface area contributed by atoms with Crippen LogP contribution in [-0.4, -0.2) is 26.1 Å². The molecule has 0 unspecified atom stereocenters. The van der Waals surface area contributed by atoms with Gasteiger partial charge in [-0.2, -0.15) is 0 Å². The molecular formula is C12H14O4. The molecule has 2 rings (SSSR count). The van der Waals surface area contributed by atoms with E-state index in [0.717, 1.165) is 0 Å². The molecule has 0 amide bonds. The first-order valence-corrected chi connectivity index (χ1v) is 5.11. The molecule has 0 aromatic heterocycles. The van der Waals surface area contributed by atoms with Crippen molar-refractivity contribution >= 4 is 5.78 Å². The molecule has 16 heavy (non-hydrogen) atoms. The quantitative estimate of drug-likeness (QED) is 0.768. The molecular weight excluding hydrogens is 208 g/mol. The minimum absolute atomic E-state index is 0.0493. The smallest absolute Gasteiger partial charge is 0.174 e. The Balaban J connectivity index is 2.56. The fraction of sp³-hybridized carbons (Fsp3) is 0.417. The highest BCUT2D eigenvalue weighted by molar-refractivity contribution is 6.02. The first kappa shape index (κ1) is 10.8. The lowest BCUT2D eigenvalue weighted by molar-refractivity contribution is 0.0865. The molecule has 0 bridgehead atoms. The zero-order chi connectivity index (χ0) is 11.7. The van der Waals surface area contributed by atoms with Gasteiger partial charge in [0.05, 0.1) is 14.2 Å². The number of fused-ring (bicyclic) bond motifs is 1. The van der Waals surface area contributed by atoms with E-state index >= 15 is 0 Å². The molecule has 0 saturated carbocycles.